The number of rotatable bonds is 4. The Morgan fingerprint density at radius 1 is 1.40 bits per heavy atom. The minimum absolute atomic E-state index is 0.524. The van der Waals surface area contributed by atoms with Crippen LogP contribution >= 0.6 is 11.8 Å². The van der Waals surface area contributed by atoms with E-state index in [4.69, 9.17) is 0 Å². The van der Waals surface area contributed by atoms with Gasteiger partial charge in [-0.05, 0) is 29.9 Å². The number of hydrogen-bond donors (Lipinski definition) is 1. The van der Waals surface area contributed by atoms with Gasteiger partial charge in [0.05, 0.1) is 0 Å². The molecular formula is C13H27NS. The number of hydrogen-bond acceptors (Lipinski definition) is 2. The molecule has 0 saturated carbocycles. The van der Waals surface area contributed by atoms with Crippen LogP contribution < -0.4 is 5.32 Å². The highest BCUT2D eigenvalue weighted by Gasteiger charge is 2.29. The summed E-state index contributed by atoms with van der Waals surface area (Å²) in [7, 11) is 0. The van der Waals surface area contributed by atoms with E-state index in [1.165, 1.54) is 24.3 Å². The molecule has 0 bridgehead atoms. The average Bonchev–Trinajstić information content (AvgIpc) is 2.12. The van der Waals surface area contributed by atoms with Crippen molar-refractivity contribution < 1.29 is 0 Å². The molecule has 1 N–H and O–H groups in total. The number of thioether (sulfide) groups is 1. The van der Waals surface area contributed by atoms with Crippen molar-refractivity contribution in [3.8, 4) is 0 Å². The molecule has 1 fully saturated rings. The van der Waals surface area contributed by atoms with Gasteiger partial charge in [0, 0.05) is 17.8 Å². The smallest absolute Gasteiger partial charge is 0.0166 e. The zero-order valence-electron chi connectivity index (χ0n) is 11.0. The van der Waals surface area contributed by atoms with E-state index < -0.39 is 0 Å². The first kappa shape index (κ1) is 13.4. The molecule has 1 heterocycles. The van der Waals surface area contributed by atoms with E-state index in [-0.39, 0.29) is 0 Å². The van der Waals surface area contributed by atoms with Crippen LogP contribution in [0.5, 0.6) is 0 Å². The Bertz CT molecular complexity index is 189. The van der Waals surface area contributed by atoms with Crippen LogP contribution in [-0.4, -0.2) is 23.6 Å². The van der Waals surface area contributed by atoms with Gasteiger partial charge in [-0.2, -0.15) is 11.8 Å². The van der Waals surface area contributed by atoms with Gasteiger partial charge in [-0.15, -0.1) is 0 Å². The molecule has 2 unspecified atom stereocenters. The van der Waals surface area contributed by atoms with Gasteiger partial charge < -0.3 is 5.32 Å². The lowest BCUT2D eigenvalue weighted by atomic mass is 9.87. The Morgan fingerprint density at radius 3 is 2.53 bits per heavy atom. The zero-order chi connectivity index (χ0) is 11.5. The molecule has 1 aliphatic rings. The summed E-state index contributed by atoms with van der Waals surface area (Å²) in [5, 5.41) is 3.84. The predicted octanol–water partition coefficient (Wildman–Crippen LogP) is 3.54. The Labute approximate surface area is 99.8 Å². The monoisotopic (exact) mass is 229 g/mol. The summed E-state index contributed by atoms with van der Waals surface area (Å²) in [6, 6.07) is 1.43. The SMILES string of the molecule is CCC(NC1CSCC(C)(C)C1)C(C)C. The Hall–Kier alpha value is 0.310. The molecular weight excluding hydrogens is 202 g/mol. The minimum atomic E-state index is 0.524. The first-order chi connectivity index (χ1) is 6.94. The van der Waals surface area contributed by atoms with Gasteiger partial charge in [-0.25, -0.2) is 0 Å². The summed E-state index contributed by atoms with van der Waals surface area (Å²) in [4.78, 5) is 0. The topological polar surface area (TPSA) is 12.0 Å². The first-order valence-electron chi connectivity index (χ1n) is 6.28. The van der Waals surface area contributed by atoms with Gasteiger partial charge in [0.15, 0.2) is 0 Å². The van der Waals surface area contributed by atoms with Crippen molar-refractivity contribution in [3.63, 3.8) is 0 Å². The largest absolute Gasteiger partial charge is 0.310 e. The van der Waals surface area contributed by atoms with E-state index in [1.54, 1.807) is 0 Å². The van der Waals surface area contributed by atoms with Crippen LogP contribution in [0.4, 0.5) is 0 Å². The lowest BCUT2D eigenvalue weighted by molar-refractivity contribution is 0.274. The molecule has 1 rings (SSSR count). The van der Waals surface area contributed by atoms with E-state index in [0.29, 0.717) is 11.5 Å². The van der Waals surface area contributed by atoms with Crippen LogP contribution in [0, 0.1) is 11.3 Å². The molecule has 2 atom stereocenters. The third-order valence-corrected chi connectivity index (χ3v) is 4.93. The quantitative estimate of drug-likeness (QED) is 0.791. The second-order valence-corrected chi connectivity index (χ2v) is 7.04. The molecule has 0 aliphatic carbocycles. The van der Waals surface area contributed by atoms with E-state index in [9.17, 15) is 0 Å². The van der Waals surface area contributed by atoms with E-state index in [0.717, 1.165) is 12.0 Å². The Kier molecular flexibility index (Phi) is 4.98. The molecule has 15 heavy (non-hydrogen) atoms. The highest BCUT2D eigenvalue weighted by molar-refractivity contribution is 7.99. The fourth-order valence-corrected chi connectivity index (χ4v) is 3.74. The third kappa shape index (κ3) is 4.36. The standard InChI is InChI=1S/C13H27NS/c1-6-12(10(2)3)14-11-7-13(4,5)9-15-8-11/h10-12,14H,6-9H2,1-5H3. The van der Waals surface area contributed by atoms with Crippen LogP contribution in [0.15, 0.2) is 0 Å². The highest BCUT2D eigenvalue weighted by Crippen LogP contribution is 2.33. The minimum Gasteiger partial charge on any atom is -0.310 e. The predicted molar refractivity (Wildman–Crippen MR) is 71.6 cm³/mol. The van der Waals surface area contributed by atoms with Gasteiger partial charge >= 0.3 is 0 Å². The Morgan fingerprint density at radius 2 is 2.07 bits per heavy atom. The van der Waals surface area contributed by atoms with Crippen molar-refractivity contribution >= 4 is 11.8 Å². The molecule has 0 radical (unpaired) electrons. The molecule has 1 saturated heterocycles. The second kappa shape index (κ2) is 5.58. The van der Waals surface area contributed by atoms with E-state index >= 15 is 0 Å². The van der Waals surface area contributed by atoms with Crippen molar-refractivity contribution in [1.29, 1.82) is 0 Å². The van der Waals surface area contributed by atoms with E-state index in [1.807, 2.05) is 0 Å². The van der Waals surface area contributed by atoms with E-state index in [2.05, 4.69) is 51.7 Å². The fourth-order valence-electron chi connectivity index (χ4n) is 2.45. The normalized spacial score (nSPS) is 28.0. The molecule has 0 amide bonds. The summed E-state index contributed by atoms with van der Waals surface area (Å²) in [5.41, 5.74) is 0.524. The number of nitrogens with one attached hydrogen (secondary N) is 1. The summed E-state index contributed by atoms with van der Waals surface area (Å²) in [6.07, 6.45) is 2.59. The average molecular weight is 229 g/mol. The molecule has 0 spiro atoms. The van der Waals surface area contributed by atoms with Crippen LogP contribution in [0.1, 0.15) is 47.5 Å². The maximum Gasteiger partial charge on any atom is 0.0166 e. The summed E-state index contributed by atoms with van der Waals surface area (Å²) < 4.78 is 0. The molecule has 0 aromatic carbocycles. The maximum absolute atomic E-state index is 3.84. The van der Waals surface area contributed by atoms with Gasteiger partial charge in [0.1, 0.15) is 0 Å². The Balaban J connectivity index is 2.43. The van der Waals surface area contributed by atoms with Gasteiger partial charge in [-0.3, -0.25) is 0 Å². The van der Waals surface area contributed by atoms with Crippen molar-refractivity contribution in [3.05, 3.63) is 0 Å². The van der Waals surface area contributed by atoms with Crippen molar-refractivity contribution in [2.45, 2.75) is 59.5 Å². The third-order valence-electron chi connectivity index (χ3n) is 3.31. The second-order valence-electron chi connectivity index (χ2n) is 6.01. The molecule has 0 aromatic heterocycles. The zero-order valence-corrected chi connectivity index (χ0v) is 11.8. The lowest BCUT2D eigenvalue weighted by Gasteiger charge is -2.37. The van der Waals surface area contributed by atoms with Crippen LogP contribution in [0.25, 0.3) is 0 Å². The fraction of sp³-hybridized carbons (Fsp3) is 1.00. The molecule has 0 aromatic rings. The van der Waals surface area contributed by atoms with Crippen molar-refractivity contribution in [1.82, 2.24) is 5.32 Å². The summed E-state index contributed by atoms with van der Waals surface area (Å²) >= 11 is 2.11. The summed E-state index contributed by atoms with van der Waals surface area (Å²) in [6.45, 7) is 11.7. The van der Waals surface area contributed by atoms with Gasteiger partial charge in [0.2, 0.25) is 0 Å². The highest BCUT2D eigenvalue weighted by atomic mass is 32.2. The van der Waals surface area contributed by atoms with Crippen molar-refractivity contribution in [2.24, 2.45) is 11.3 Å². The molecule has 1 nitrogen and oxygen atoms in total. The van der Waals surface area contributed by atoms with Gasteiger partial charge in [-0.1, -0.05) is 34.6 Å². The van der Waals surface area contributed by atoms with Crippen LogP contribution in [0.3, 0.4) is 0 Å². The maximum atomic E-state index is 3.84. The molecule has 90 valence electrons. The van der Waals surface area contributed by atoms with Crippen LogP contribution in [0.2, 0.25) is 0 Å². The van der Waals surface area contributed by atoms with Crippen LogP contribution in [-0.2, 0) is 0 Å². The van der Waals surface area contributed by atoms with Gasteiger partial charge in [0.25, 0.3) is 0 Å². The molecule has 2 heteroatoms. The molecule has 1 aliphatic heterocycles. The summed E-state index contributed by atoms with van der Waals surface area (Å²) in [5.74, 6) is 3.38. The van der Waals surface area contributed by atoms with Crippen molar-refractivity contribution in [2.75, 3.05) is 11.5 Å². The first-order valence-corrected chi connectivity index (χ1v) is 7.44. The lowest BCUT2D eigenvalue weighted by Crippen LogP contribution is -2.46.